The van der Waals surface area contributed by atoms with Gasteiger partial charge in [-0.2, -0.15) is 0 Å². The number of thiocarbonyl (C=S) groups is 1. The maximum absolute atomic E-state index is 4.71. The van der Waals surface area contributed by atoms with Crippen LogP contribution < -0.4 is 35.3 Å². The average Bonchev–Trinajstić information content (AvgIpc) is 1.85. The van der Waals surface area contributed by atoms with Gasteiger partial charge in [0.2, 0.25) is 0 Å². The molecule has 0 rings (SSSR count). The molecule has 0 aliphatic rings. The van der Waals surface area contributed by atoms with Crippen molar-refractivity contribution in [3.8, 4) is 0 Å². The van der Waals surface area contributed by atoms with Crippen molar-refractivity contribution in [2.45, 2.75) is 6.29 Å². The molecule has 0 fully saturated rings. The van der Waals surface area contributed by atoms with Crippen LogP contribution in [-0.4, -0.2) is 24.8 Å². The molecule has 0 saturated carbocycles. The normalized spacial score (nSPS) is 7.73. The van der Waals surface area contributed by atoms with Crippen molar-refractivity contribution in [1.82, 2.24) is 0 Å². The van der Waals surface area contributed by atoms with E-state index in [1.165, 1.54) is 0 Å². The van der Waals surface area contributed by atoms with Gasteiger partial charge in [0.1, 0.15) is 4.32 Å². The molecule has 2 N–H and O–H groups in total. The maximum atomic E-state index is 4.71. The van der Waals surface area contributed by atoms with E-state index in [0.29, 0.717) is 0 Å². The molecule has 11 heavy (non-hydrogen) atoms. The van der Waals surface area contributed by atoms with Gasteiger partial charge in [0.15, 0.2) is 0 Å². The summed E-state index contributed by atoms with van der Waals surface area (Å²) in [6, 6.07) is 0. The van der Waals surface area contributed by atoms with Gasteiger partial charge in [-0.25, -0.2) is 0 Å². The van der Waals surface area contributed by atoms with Gasteiger partial charge >= 0.3 is 29.6 Å². The number of rotatable bonds is 2. The zero-order chi connectivity index (χ0) is 8.57. The van der Waals surface area contributed by atoms with E-state index in [4.69, 9.17) is 5.73 Å². The van der Waals surface area contributed by atoms with Gasteiger partial charge in [-0.1, -0.05) is 12.2 Å². The number of ether oxygens (including phenoxy) is 2. The van der Waals surface area contributed by atoms with E-state index >= 15 is 0 Å². The van der Waals surface area contributed by atoms with Crippen LogP contribution >= 0.6 is 24.8 Å². The second-order valence-corrected chi connectivity index (χ2v) is 2.46. The molecule has 62 valence electrons. The Morgan fingerprint density at radius 2 is 1.73 bits per heavy atom. The summed E-state index contributed by atoms with van der Waals surface area (Å²) < 4.78 is 9.33. The van der Waals surface area contributed by atoms with E-state index in [1.54, 1.807) is 14.2 Å². The van der Waals surface area contributed by atoms with Crippen molar-refractivity contribution in [1.29, 1.82) is 0 Å². The Balaban J connectivity index is -0.000000114. The predicted molar refractivity (Wildman–Crippen MR) is 48.9 cm³/mol. The smallest absolute Gasteiger partial charge is 0.387 e. The van der Waals surface area contributed by atoms with Crippen molar-refractivity contribution in [2.24, 2.45) is 5.73 Å². The van der Waals surface area contributed by atoms with Crippen molar-refractivity contribution in [2.75, 3.05) is 14.2 Å². The third-order valence-corrected chi connectivity index (χ3v) is 0.526. The van der Waals surface area contributed by atoms with Crippen molar-refractivity contribution in [3.63, 3.8) is 0 Å². The molecule has 0 heterocycles. The monoisotopic (exact) mass is 205 g/mol. The van der Waals surface area contributed by atoms with Gasteiger partial charge in [0.05, 0.1) is 0 Å². The van der Waals surface area contributed by atoms with Gasteiger partial charge in [-0.15, -0.1) is 12.6 Å². The van der Waals surface area contributed by atoms with E-state index < -0.39 is 0 Å². The first kappa shape index (κ1) is 18.0. The number of nitrogens with two attached hydrogens (primary N) is 1. The number of hydrogen-bond donors (Lipinski definition) is 2. The first-order valence-corrected chi connectivity index (χ1v) is 3.27. The Morgan fingerprint density at radius 1 is 1.55 bits per heavy atom. The molecule has 0 atom stereocenters. The molecular formula is C5H12NNaO2S2. The third kappa shape index (κ3) is 35.2. The van der Waals surface area contributed by atoms with Gasteiger partial charge in [0, 0.05) is 20.5 Å². The summed E-state index contributed by atoms with van der Waals surface area (Å²) in [5.74, 6) is 0. The van der Waals surface area contributed by atoms with Gasteiger partial charge in [-0.05, 0) is 0 Å². The van der Waals surface area contributed by atoms with E-state index in [9.17, 15) is 0 Å². The number of thiol groups is 1. The van der Waals surface area contributed by atoms with Gasteiger partial charge < -0.3 is 15.2 Å². The van der Waals surface area contributed by atoms with Crippen LogP contribution in [0, 0.1) is 6.92 Å². The minimum atomic E-state index is -0.315. The molecule has 0 aliphatic heterocycles. The number of methoxy groups -OCH3 is 2. The minimum Gasteiger partial charge on any atom is -0.387 e. The second kappa shape index (κ2) is 13.7. The van der Waals surface area contributed by atoms with Crippen LogP contribution in [-0.2, 0) is 9.47 Å². The quantitative estimate of drug-likeness (QED) is 0.173. The standard InChI is InChI=1S/C4H9O2.CH3NS2.Na/c1-4(5-2)6-3;2-1(3)4;/h4H,1H2,2-3H3;(H3,2,3,4);/q-1;;+1. The Kier molecular flexibility index (Phi) is 22.5. The molecule has 3 nitrogen and oxygen atoms in total. The molecule has 0 spiro atoms. The molecule has 0 aromatic heterocycles. The fourth-order valence-electron chi connectivity index (χ4n) is 0.0962. The molecule has 0 aliphatic carbocycles. The summed E-state index contributed by atoms with van der Waals surface area (Å²) in [6.07, 6.45) is -0.315. The van der Waals surface area contributed by atoms with Gasteiger partial charge in [0.25, 0.3) is 0 Å². The van der Waals surface area contributed by atoms with Crippen LogP contribution in [0.3, 0.4) is 0 Å². The van der Waals surface area contributed by atoms with E-state index in [2.05, 4.69) is 41.2 Å². The topological polar surface area (TPSA) is 44.5 Å². The summed E-state index contributed by atoms with van der Waals surface area (Å²) in [4.78, 5) is 0. The molecule has 0 aromatic carbocycles. The van der Waals surface area contributed by atoms with Crippen LogP contribution in [0.5, 0.6) is 0 Å². The van der Waals surface area contributed by atoms with Crippen molar-refractivity contribution in [3.05, 3.63) is 6.92 Å². The minimum absolute atomic E-state index is 0. The summed E-state index contributed by atoms with van der Waals surface area (Å²) in [5.41, 5.74) is 4.71. The molecule has 6 heteroatoms. The fraction of sp³-hybridized carbons (Fsp3) is 0.600. The predicted octanol–water partition coefficient (Wildman–Crippen LogP) is -2.40. The molecule has 0 bridgehead atoms. The van der Waals surface area contributed by atoms with Crippen molar-refractivity contribution < 1.29 is 39.0 Å². The first-order valence-electron chi connectivity index (χ1n) is 2.41. The maximum Gasteiger partial charge on any atom is 1.00 e. The molecule has 0 radical (unpaired) electrons. The van der Waals surface area contributed by atoms with Crippen LogP contribution in [0.2, 0.25) is 0 Å². The summed E-state index contributed by atoms with van der Waals surface area (Å²) in [6.45, 7) is 3.43. The SMILES string of the molecule is NC(=S)S.[CH2-]C(OC)OC.[Na+]. The Hall–Kier alpha value is 1.16. The van der Waals surface area contributed by atoms with E-state index in [0.717, 1.165) is 0 Å². The van der Waals surface area contributed by atoms with Gasteiger partial charge in [-0.3, -0.25) is 6.92 Å². The first-order chi connectivity index (χ1) is 4.54. The second-order valence-electron chi connectivity index (χ2n) is 1.24. The molecule has 0 saturated heterocycles. The zero-order valence-corrected chi connectivity index (χ0v) is 10.7. The number of hydrogen-bond acceptors (Lipinski definition) is 3. The Labute approximate surface area is 101 Å². The Morgan fingerprint density at radius 3 is 1.73 bits per heavy atom. The summed E-state index contributed by atoms with van der Waals surface area (Å²) in [5, 5.41) is 0. The molecule has 0 aromatic rings. The Bertz CT molecular complexity index is 86.6. The van der Waals surface area contributed by atoms with Crippen LogP contribution in [0.25, 0.3) is 0 Å². The summed E-state index contributed by atoms with van der Waals surface area (Å²) >= 11 is 7.65. The largest absolute Gasteiger partial charge is 1.00 e. The third-order valence-electron chi connectivity index (χ3n) is 0.526. The van der Waals surface area contributed by atoms with Crippen LogP contribution in [0.4, 0.5) is 0 Å². The van der Waals surface area contributed by atoms with Crippen LogP contribution in [0.1, 0.15) is 0 Å². The van der Waals surface area contributed by atoms with Crippen LogP contribution in [0.15, 0.2) is 0 Å². The van der Waals surface area contributed by atoms with E-state index in [1.807, 2.05) is 0 Å². The van der Waals surface area contributed by atoms with E-state index in [-0.39, 0.29) is 40.2 Å². The molecule has 0 amide bonds. The fourth-order valence-corrected chi connectivity index (χ4v) is 0.0962. The average molecular weight is 205 g/mol. The molecule has 0 unspecified atom stereocenters. The zero-order valence-electron chi connectivity index (χ0n) is 7.03. The summed E-state index contributed by atoms with van der Waals surface area (Å²) in [7, 11) is 3.09. The van der Waals surface area contributed by atoms with Crippen molar-refractivity contribution >= 4 is 29.2 Å². The molecular weight excluding hydrogens is 193 g/mol.